The maximum atomic E-state index is 11.2. The molecule has 6 rings (SSSR count). The van der Waals surface area contributed by atoms with Crippen molar-refractivity contribution >= 4 is 51.3 Å². The lowest BCUT2D eigenvalue weighted by Gasteiger charge is -2.25. The molecule has 5 aromatic rings. The Morgan fingerprint density at radius 3 is 1.66 bits per heavy atom. The SMILES string of the molecule is O=C(O)C1=CC=C(c2ccc(-c3ccc(-c4ccc(N(c5ccccc5)c5ccccc5)cc4)s3)s2)CC1. The van der Waals surface area contributed by atoms with Gasteiger partial charge >= 0.3 is 5.97 Å². The van der Waals surface area contributed by atoms with Gasteiger partial charge in [-0.15, -0.1) is 22.7 Å². The summed E-state index contributed by atoms with van der Waals surface area (Å²) in [5, 5.41) is 9.19. The minimum Gasteiger partial charge on any atom is -0.478 e. The van der Waals surface area contributed by atoms with Crippen molar-refractivity contribution < 1.29 is 9.90 Å². The Bertz CT molecular complexity index is 1590. The highest BCUT2D eigenvalue weighted by molar-refractivity contribution is 7.24. The summed E-state index contributed by atoms with van der Waals surface area (Å²) in [5.41, 5.74) is 6.26. The zero-order valence-corrected chi connectivity index (χ0v) is 22.2. The molecule has 0 unspecified atom stereocenters. The first-order valence-electron chi connectivity index (χ1n) is 12.5. The number of benzene rings is 3. The summed E-state index contributed by atoms with van der Waals surface area (Å²) in [6, 6.07) is 38.4. The Balaban J connectivity index is 1.24. The minimum atomic E-state index is -0.820. The van der Waals surface area contributed by atoms with Crippen LogP contribution in [0.15, 0.2) is 127 Å². The summed E-state index contributed by atoms with van der Waals surface area (Å²) in [6.07, 6.45) is 5.05. The van der Waals surface area contributed by atoms with Crippen molar-refractivity contribution in [3.05, 3.63) is 132 Å². The molecule has 0 spiro atoms. The molecule has 1 aliphatic rings. The van der Waals surface area contributed by atoms with Crippen molar-refractivity contribution in [1.82, 2.24) is 0 Å². The van der Waals surface area contributed by atoms with Crippen LogP contribution in [0.3, 0.4) is 0 Å². The Hall–Kier alpha value is -4.19. The Kier molecular flexibility index (Phi) is 6.78. The van der Waals surface area contributed by atoms with Gasteiger partial charge in [0.2, 0.25) is 0 Å². The summed E-state index contributed by atoms with van der Waals surface area (Å²) >= 11 is 3.57. The number of carboxylic acid groups (broad SMARTS) is 1. The molecule has 3 aromatic carbocycles. The van der Waals surface area contributed by atoms with Gasteiger partial charge in [0.05, 0.1) is 0 Å². The highest BCUT2D eigenvalue weighted by atomic mass is 32.1. The molecule has 0 amide bonds. The second kappa shape index (κ2) is 10.7. The Morgan fingerprint density at radius 1 is 0.579 bits per heavy atom. The number of nitrogens with zero attached hydrogens (tertiary/aromatic N) is 1. The monoisotopic (exact) mass is 531 g/mol. The van der Waals surface area contributed by atoms with Crippen LogP contribution in [0.1, 0.15) is 17.7 Å². The van der Waals surface area contributed by atoms with Crippen molar-refractivity contribution in [3.63, 3.8) is 0 Å². The quantitative estimate of drug-likeness (QED) is 0.227. The van der Waals surface area contributed by atoms with Crippen LogP contribution in [0.2, 0.25) is 0 Å². The highest BCUT2D eigenvalue weighted by Gasteiger charge is 2.16. The number of hydrogen-bond donors (Lipinski definition) is 1. The van der Waals surface area contributed by atoms with E-state index in [4.69, 9.17) is 0 Å². The fourth-order valence-corrected chi connectivity index (χ4v) is 6.83. The summed E-state index contributed by atoms with van der Waals surface area (Å²) in [5.74, 6) is -0.820. The van der Waals surface area contributed by atoms with Gasteiger partial charge < -0.3 is 10.0 Å². The van der Waals surface area contributed by atoms with Gasteiger partial charge in [0.25, 0.3) is 0 Å². The summed E-state index contributed by atoms with van der Waals surface area (Å²) < 4.78 is 0. The number of rotatable bonds is 7. The molecule has 0 saturated heterocycles. The first kappa shape index (κ1) is 24.2. The number of anilines is 3. The maximum absolute atomic E-state index is 11.2. The van der Waals surface area contributed by atoms with Gasteiger partial charge in [-0.25, -0.2) is 4.79 Å². The fourth-order valence-electron chi connectivity index (χ4n) is 4.67. The van der Waals surface area contributed by atoms with Gasteiger partial charge in [-0.1, -0.05) is 60.7 Å². The van der Waals surface area contributed by atoms with Gasteiger partial charge in [0, 0.05) is 42.1 Å². The van der Waals surface area contributed by atoms with Crippen LogP contribution in [-0.2, 0) is 4.79 Å². The number of carbonyl (C=O) groups is 1. The molecule has 2 heterocycles. The lowest BCUT2D eigenvalue weighted by molar-refractivity contribution is -0.132. The molecule has 0 radical (unpaired) electrons. The van der Waals surface area contributed by atoms with E-state index in [1.54, 1.807) is 28.7 Å². The van der Waals surface area contributed by atoms with Crippen LogP contribution in [0, 0.1) is 0 Å². The van der Waals surface area contributed by atoms with E-state index >= 15 is 0 Å². The van der Waals surface area contributed by atoms with Gasteiger partial charge in [-0.3, -0.25) is 0 Å². The first-order chi connectivity index (χ1) is 18.7. The second-order valence-electron chi connectivity index (χ2n) is 9.07. The normalized spacial score (nSPS) is 13.1. The van der Waals surface area contributed by atoms with E-state index in [0.717, 1.165) is 23.5 Å². The Labute approximate surface area is 230 Å². The predicted octanol–water partition coefficient (Wildman–Crippen LogP) is 9.80. The number of carboxylic acids is 1. The smallest absolute Gasteiger partial charge is 0.331 e. The van der Waals surface area contributed by atoms with Crippen molar-refractivity contribution in [2.24, 2.45) is 0 Å². The van der Waals surface area contributed by atoms with Gasteiger partial charge in [0.15, 0.2) is 0 Å². The van der Waals surface area contributed by atoms with E-state index < -0.39 is 5.97 Å². The largest absolute Gasteiger partial charge is 0.478 e. The zero-order chi connectivity index (χ0) is 25.9. The van der Waals surface area contributed by atoms with Crippen LogP contribution in [0.5, 0.6) is 0 Å². The number of thiophene rings is 2. The molecule has 3 nitrogen and oxygen atoms in total. The topological polar surface area (TPSA) is 40.5 Å². The zero-order valence-electron chi connectivity index (χ0n) is 20.6. The van der Waals surface area contributed by atoms with Crippen molar-refractivity contribution in [2.75, 3.05) is 4.90 Å². The summed E-state index contributed by atoms with van der Waals surface area (Å²) in [6.45, 7) is 0. The summed E-state index contributed by atoms with van der Waals surface area (Å²) in [7, 11) is 0. The van der Waals surface area contributed by atoms with Crippen molar-refractivity contribution in [2.45, 2.75) is 12.8 Å². The van der Waals surface area contributed by atoms with Gasteiger partial charge in [-0.2, -0.15) is 0 Å². The lowest BCUT2D eigenvalue weighted by Crippen LogP contribution is -2.09. The molecule has 5 heteroatoms. The molecule has 0 atom stereocenters. The fraction of sp³-hybridized carbons (Fsp3) is 0.0606. The van der Waals surface area contributed by atoms with Crippen LogP contribution < -0.4 is 4.90 Å². The number of allylic oxidation sites excluding steroid dienone is 3. The summed E-state index contributed by atoms with van der Waals surface area (Å²) in [4.78, 5) is 18.4. The average molecular weight is 532 g/mol. The lowest BCUT2D eigenvalue weighted by atomic mass is 9.97. The second-order valence-corrected chi connectivity index (χ2v) is 11.2. The third-order valence-corrected chi connectivity index (χ3v) is 9.13. The molecule has 0 aliphatic heterocycles. The molecule has 2 aromatic heterocycles. The van der Waals surface area contributed by atoms with E-state index in [1.807, 2.05) is 18.2 Å². The molecular formula is C33H25NO2S2. The molecule has 0 fully saturated rings. The third-order valence-electron chi connectivity index (χ3n) is 6.63. The molecule has 38 heavy (non-hydrogen) atoms. The predicted molar refractivity (Wildman–Crippen MR) is 161 cm³/mol. The molecule has 0 bridgehead atoms. The van der Waals surface area contributed by atoms with Gasteiger partial charge in [-0.05, 0) is 84.6 Å². The maximum Gasteiger partial charge on any atom is 0.331 e. The highest BCUT2D eigenvalue weighted by Crippen LogP contribution is 2.41. The third kappa shape index (κ3) is 4.99. The average Bonchev–Trinajstić information content (AvgIpc) is 3.66. The van der Waals surface area contributed by atoms with Crippen LogP contribution in [0.4, 0.5) is 17.1 Å². The van der Waals surface area contributed by atoms with E-state index in [9.17, 15) is 9.90 Å². The van der Waals surface area contributed by atoms with E-state index in [2.05, 4.69) is 102 Å². The number of hydrogen-bond acceptors (Lipinski definition) is 4. The van der Waals surface area contributed by atoms with Crippen LogP contribution in [0.25, 0.3) is 25.8 Å². The minimum absolute atomic E-state index is 0.482. The van der Waals surface area contributed by atoms with Crippen LogP contribution >= 0.6 is 22.7 Å². The van der Waals surface area contributed by atoms with E-state index in [0.29, 0.717) is 12.0 Å². The molecule has 1 aliphatic carbocycles. The molecule has 0 saturated carbocycles. The van der Waals surface area contributed by atoms with E-state index in [-0.39, 0.29) is 0 Å². The van der Waals surface area contributed by atoms with Crippen LogP contribution in [-0.4, -0.2) is 11.1 Å². The number of para-hydroxylation sites is 2. The number of aliphatic carboxylic acids is 1. The van der Waals surface area contributed by atoms with E-state index in [1.165, 1.54) is 30.6 Å². The standard InChI is InChI=1S/C33H25NO2S2/c35-33(36)25-13-11-23(12-14-25)29-19-21-31(37-29)32-22-20-30(38-32)24-15-17-28(18-16-24)34(26-7-3-1-4-8-26)27-9-5-2-6-10-27/h1-11,13,15-22H,12,14H2,(H,35,36). The van der Waals surface area contributed by atoms with Gasteiger partial charge in [0.1, 0.15) is 0 Å². The molecule has 186 valence electrons. The van der Waals surface area contributed by atoms with Crippen molar-refractivity contribution in [1.29, 1.82) is 0 Å². The van der Waals surface area contributed by atoms with Crippen molar-refractivity contribution in [3.8, 4) is 20.2 Å². The molecule has 1 N–H and O–H groups in total. The molecular weight excluding hydrogens is 507 g/mol. The Morgan fingerprint density at radius 2 is 1.11 bits per heavy atom. The first-order valence-corrected chi connectivity index (χ1v) is 14.1.